The second kappa shape index (κ2) is 6.62. The lowest BCUT2D eigenvalue weighted by Crippen LogP contribution is -2.18. The van der Waals surface area contributed by atoms with E-state index in [0.717, 1.165) is 37.5 Å². The van der Waals surface area contributed by atoms with E-state index in [0.29, 0.717) is 0 Å². The molecular formula is C18H27NO. The Balaban J connectivity index is 1.63. The van der Waals surface area contributed by atoms with Gasteiger partial charge in [0.2, 0.25) is 0 Å². The smallest absolute Gasteiger partial charge is 0.127 e. The van der Waals surface area contributed by atoms with Crippen molar-refractivity contribution < 1.29 is 4.74 Å². The monoisotopic (exact) mass is 273 g/mol. The van der Waals surface area contributed by atoms with Crippen LogP contribution in [-0.4, -0.2) is 6.61 Å². The molecule has 0 spiro atoms. The number of hydrogen-bond acceptors (Lipinski definition) is 2. The lowest BCUT2D eigenvalue weighted by atomic mass is 9.84. The predicted molar refractivity (Wildman–Crippen MR) is 83.0 cm³/mol. The van der Waals surface area contributed by atoms with E-state index in [2.05, 4.69) is 18.2 Å². The average Bonchev–Trinajstić information content (AvgIpc) is 2.53. The third-order valence-electron chi connectivity index (χ3n) is 4.97. The van der Waals surface area contributed by atoms with Crippen molar-refractivity contribution in [2.45, 2.75) is 63.8 Å². The first-order chi connectivity index (χ1) is 9.84. The van der Waals surface area contributed by atoms with Crippen LogP contribution in [0.4, 0.5) is 0 Å². The molecule has 1 unspecified atom stereocenters. The first kappa shape index (κ1) is 13.9. The second-order valence-corrected chi connectivity index (χ2v) is 6.48. The second-order valence-electron chi connectivity index (χ2n) is 6.48. The quantitative estimate of drug-likeness (QED) is 0.884. The summed E-state index contributed by atoms with van der Waals surface area (Å²) in [5.41, 5.74) is 9.04. The van der Waals surface area contributed by atoms with E-state index < -0.39 is 0 Å². The molecule has 1 aliphatic heterocycles. The van der Waals surface area contributed by atoms with Crippen LogP contribution >= 0.6 is 0 Å². The number of benzene rings is 1. The summed E-state index contributed by atoms with van der Waals surface area (Å²) in [6, 6.07) is 6.63. The van der Waals surface area contributed by atoms with E-state index in [1.165, 1.54) is 49.7 Å². The Morgan fingerprint density at radius 3 is 2.85 bits per heavy atom. The zero-order valence-electron chi connectivity index (χ0n) is 12.4. The van der Waals surface area contributed by atoms with Gasteiger partial charge in [0.1, 0.15) is 5.75 Å². The fourth-order valence-corrected chi connectivity index (χ4v) is 3.75. The Morgan fingerprint density at radius 1 is 1.15 bits per heavy atom. The molecule has 1 aromatic carbocycles. The van der Waals surface area contributed by atoms with E-state index >= 15 is 0 Å². The van der Waals surface area contributed by atoms with E-state index in [9.17, 15) is 0 Å². The van der Waals surface area contributed by atoms with Crippen LogP contribution in [0.25, 0.3) is 0 Å². The van der Waals surface area contributed by atoms with Crippen molar-refractivity contribution in [3.05, 3.63) is 29.3 Å². The summed E-state index contributed by atoms with van der Waals surface area (Å²) in [6.07, 6.45) is 11.8. The standard InChI is InChI=1S/C18H27NO/c19-17(12-11-14-6-2-1-3-7-14)16-10-4-8-15-9-5-13-20-18(15)16/h4,8,10,14,17H,1-3,5-7,9,11-13,19H2. The SMILES string of the molecule is NC(CCC1CCCCC1)c1cccc2c1OCCC2. The Hall–Kier alpha value is -1.02. The first-order valence-corrected chi connectivity index (χ1v) is 8.35. The van der Waals surface area contributed by atoms with Crippen LogP contribution in [0.1, 0.15) is 68.5 Å². The van der Waals surface area contributed by atoms with E-state index in [4.69, 9.17) is 10.5 Å². The molecule has 0 aromatic heterocycles. The molecule has 110 valence electrons. The summed E-state index contributed by atoms with van der Waals surface area (Å²) in [5.74, 6) is 2.00. The van der Waals surface area contributed by atoms with Crippen LogP contribution < -0.4 is 10.5 Å². The molecule has 2 aliphatic rings. The maximum absolute atomic E-state index is 6.46. The summed E-state index contributed by atoms with van der Waals surface area (Å²) in [4.78, 5) is 0. The zero-order chi connectivity index (χ0) is 13.8. The minimum atomic E-state index is 0.143. The highest BCUT2D eigenvalue weighted by Crippen LogP contribution is 2.35. The van der Waals surface area contributed by atoms with Crippen molar-refractivity contribution in [1.82, 2.24) is 0 Å². The number of nitrogens with two attached hydrogens (primary N) is 1. The lowest BCUT2D eigenvalue weighted by molar-refractivity contribution is 0.280. The molecule has 0 saturated heterocycles. The molecule has 3 rings (SSSR count). The van der Waals surface area contributed by atoms with Crippen molar-refractivity contribution >= 4 is 0 Å². The summed E-state index contributed by atoms with van der Waals surface area (Å²) in [6.45, 7) is 0.847. The van der Waals surface area contributed by atoms with Crippen LogP contribution in [0.15, 0.2) is 18.2 Å². The van der Waals surface area contributed by atoms with E-state index in [1.54, 1.807) is 0 Å². The van der Waals surface area contributed by atoms with Crippen LogP contribution in [-0.2, 0) is 6.42 Å². The fourth-order valence-electron chi connectivity index (χ4n) is 3.75. The molecule has 1 fully saturated rings. The minimum Gasteiger partial charge on any atom is -0.493 e. The van der Waals surface area contributed by atoms with Gasteiger partial charge in [-0.05, 0) is 37.2 Å². The van der Waals surface area contributed by atoms with Crippen LogP contribution in [0.5, 0.6) is 5.75 Å². The van der Waals surface area contributed by atoms with Crippen molar-refractivity contribution in [2.24, 2.45) is 11.7 Å². The summed E-state index contributed by atoms with van der Waals surface area (Å²) in [5, 5.41) is 0. The van der Waals surface area contributed by atoms with Crippen molar-refractivity contribution in [3.8, 4) is 5.75 Å². The first-order valence-electron chi connectivity index (χ1n) is 8.35. The molecule has 20 heavy (non-hydrogen) atoms. The Labute approximate surface area is 122 Å². The number of aryl methyl sites for hydroxylation is 1. The molecule has 1 atom stereocenters. The third-order valence-corrected chi connectivity index (χ3v) is 4.97. The normalized spacial score (nSPS) is 21.1. The van der Waals surface area contributed by atoms with Crippen LogP contribution in [0.3, 0.4) is 0 Å². The predicted octanol–water partition coefficient (Wildman–Crippen LogP) is 4.37. The van der Waals surface area contributed by atoms with Gasteiger partial charge in [-0.15, -0.1) is 0 Å². The molecule has 0 amide bonds. The number of fused-ring (bicyclic) bond motifs is 1. The van der Waals surface area contributed by atoms with Gasteiger partial charge in [0.15, 0.2) is 0 Å². The minimum absolute atomic E-state index is 0.143. The highest BCUT2D eigenvalue weighted by atomic mass is 16.5. The average molecular weight is 273 g/mol. The summed E-state index contributed by atoms with van der Waals surface area (Å²) in [7, 11) is 0. The maximum Gasteiger partial charge on any atom is 0.127 e. The topological polar surface area (TPSA) is 35.2 Å². The third kappa shape index (κ3) is 3.17. The highest BCUT2D eigenvalue weighted by Gasteiger charge is 2.20. The number of rotatable bonds is 4. The van der Waals surface area contributed by atoms with Gasteiger partial charge < -0.3 is 10.5 Å². The number of ether oxygens (including phenoxy) is 1. The largest absolute Gasteiger partial charge is 0.493 e. The van der Waals surface area contributed by atoms with Gasteiger partial charge in [-0.3, -0.25) is 0 Å². The summed E-state index contributed by atoms with van der Waals surface area (Å²) < 4.78 is 5.89. The van der Waals surface area contributed by atoms with Gasteiger partial charge >= 0.3 is 0 Å². The number of hydrogen-bond donors (Lipinski definition) is 1. The molecule has 2 nitrogen and oxygen atoms in total. The Bertz CT molecular complexity index is 437. The Morgan fingerprint density at radius 2 is 2.00 bits per heavy atom. The van der Waals surface area contributed by atoms with E-state index in [-0.39, 0.29) is 6.04 Å². The molecule has 2 heteroatoms. The van der Waals surface area contributed by atoms with Crippen molar-refractivity contribution in [2.75, 3.05) is 6.61 Å². The van der Waals surface area contributed by atoms with Gasteiger partial charge in [0.25, 0.3) is 0 Å². The zero-order valence-corrected chi connectivity index (χ0v) is 12.4. The molecule has 0 radical (unpaired) electrons. The highest BCUT2D eigenvalue weighted by molar-refractivity contribution is 5.44. The maximum atomic E-state index is 6.46. The number of para-hydroxylation sites is 1. The van der Waals surface area contributed by atoms with Gasteiger partial charge in [0.05, 0.1) is 6.61 Å². The molecule has 2 N–H and O–H groups in total. The lowest BCUT2D eigenvalue weighted by Gasteiger charge is -2.25. The van der Waals surface area contributed by atoms with Crippen molar-refractivity contribution in [3.63, 3.8) is 0 Å². The van der Waals surface area contributed by atoms with Crippen LogP contribution in [0, 0.1) is 5.92 Å². The molecule has 1 heterocycles. The van der Waals surface area contributed by atoms with Gasteiger partial charge in [-0.25, -0.2) is 0 Å². The van der Waals surface area contributed by atoms with Gasteiger partial charge in [-0.2, -0.15) is 0 Å². The molecule has 1 aromatic rings. The molecule has 1 aliphatic carbocycles. The fraction of sp³-hybridized carbons (Fsp3) is 0.667. The molecule has 0 bridgehead atoms. The van der Waals surface area contributed by atoms with Gasteiger partial charge in [-0.1, -0.05) is 50.3 Å². The van der Waals surface area contributed by atoms with Crippen LogP contribution in [0.2, 0.25) is 0 Å². The Kier molecular flexibility index (Phi) is 4.62. The van der Waals surface area contributed by atoms with Gasteiger partial charge in [0, 0.05) is 11.6 Å². The van der Waals surface area contributed by atoms with Crippen molar-refractivity contribution in [1.29, 1.82) is 0 Å². The van der Waals surface area contributed by atoms with E-state index in [1.807, 2.05) is 0 Å². The summed E-state index contributed by atoms with van der Waals surface area (Å²) >= 11 is 0. The molecular weight excluding hydrogens is 246 g/mol. The molecule has 1 saturated carbocycles.